The van der Waals surface area contributed by atoms with Crippen LogP contribution in [0, 0.1) is 0 Å². The van der Waals surface area contributed by atoms with Crippen LogP contribution in [0.15, 0.2) is 18.2 Å². The van der Waals surface area contributed by atoms with Gasteiger partial charge in [0.15, 0.2) is 11.5 Å². The fourth-order valence-corrected chi connectivity index (χ4v) is 2.75. The van der Waals surface area contributed by atoms with E-state index in [1.165, 1.54) is 25.1 Å². The number of hydrogen-bond acceptors (Lipinski definition) is 4. The number of primary amides is 1. The number of nitrogens with zero attached hydrogens (tertiary/aromatic N) is 2. The van der Waals surface area contributed by atoms with Crippen LogP contribution in [0.1, 0.15) is 52.4 Å². The summed E-state index contributed by atoms with van der Waals surface area (Å²) in [5.74, 6) is -1.29. The second-order valence-electron chi connectivity index (χ2n) is 5.55. The number of alkyl halides is 3. The summed E-state index contributed by atoms with van der Waals surface area (Å²) in [5, 5.41) is 6.45. The van der Waals surface area contributed by atoms with Gasteiger partial charge in [-0.25, -0.2) is 4.68 Å². The molecule has 1 aromatic heterocycles. The van der Waals surface area contributed by atoms with E-state index in [1.807, 2.05) is 0 Å². The molecule has 140 valence electrons. The van der Waals surface area contributed by atoms with Crippen molar-refractivity contribution >= 4 is 17.4 Å². The Morgan fingerprint density at radius 3 is 2.38 bits per heavy atom. The number of nitrogens with two attached hydrogens (primary N) is 1. The minimum absolute atomic E-state index is 0.0653. The summed E-state index contributed by atoms with van der Waals surface area (Å²) in [6, 6.07) is 4.30. The quantitative estimate of drug-likeness (QED) is 0.766. The first kappa shape index (κ1) is 19.5. The zero-order valence-electron chi connectivity index (χ0n) is 14.6. The van der Waals surface area contributed by atoms with E-state index in [2.05, 4.69) is 10.4 Å². The molecule has 0 bridgehead atoms. The third-order valence-corrected chi connectivity index (χ3v) is 3.97. The fourth-order valence-electron chi connectivity index (χ4n) is 2.75. The summed E-state index contributed by atoms with van der Waals surface area (Å²) in [6.45, 7) is 3.15. The molecule has 0 aliphatic rings. The number of rotatable bonds is 6. The lowest BCUT2D eigenvalue weighted by atomic mass is 10.0. The van der Waals surface area contributed by atoms with Crippen molar-refractivity contribution < 1.29 is 22.8 Å². The van der Waals surface area contributed by atoms with Crippen LogP contribution in [0.2, 0.25) is 0 Å². The molecule has 0 aliphatic heterocycles. The minimum Gasteiger partial charge on any atom is -0.387 e. The summed E-state index contributed by atoms with van der Waals surface area (Å²) in [4.78, 5) is 23.6. The molecule has 2 rings (SSSR count). The molecule has 0 fully saturated rings. The number of Topliss-reactive ketones (excluding diaryl/α,β-unsaturated/α-hetero) is 1. The monoisotopic (exact) mass is 368 g/mol. The molecule has 0 aliphatic carbocycles. The van der Waals surface area contributed by atoms with Crippen molar-refractivity contribution in [3.8, 4) is 5.69 Å². The highest BCUT2D eigenvalue weighted by molar-refractivity contribution is 5.99. The predicted octanol–water partition coefficient (Wildman–Crippen LogP) is 3.19. The first-order valence-electron chi connectivity index (χ1n) is 7.99. The molecule has 0 unspecified atom stereocenters. The van der Waals surface area contributed by atoms with Crippen LogP contribution in [-0.4, -0.2) is 28.5 Å². The number of hydrogen-bond donors (Lipinski definition) is 2. The van der Waals surface area contributed by atoms with Crippen molar-refractivity contribution in [1.82, 2.24) is 9.78 Å². The average molecular weight is 368 g/mol. The Morgan fingerprint density at radius 1 is 1.27 bits per heavy atom. The number of aromatic nitrogens is 2. The second-order valence-corrected chi connectivity index (χ2v) is 5.55. The number of halogens is 3. The number of carbonyl (C=O) groups is 2. The Kier molecular flexibility index (Phi) is 5.38. The van der Waals surface area contributed by atoms with E-state index in [0.717, 1.165) is 4.68 Å². The van der Waals surface area contributed by atoms with Crippen molar-refractivity contribution in [2.45, 2.75) is 32.9 Å². The first-order chi connectivity index (χ1) is 12.1. The molecule has 0 spiro atoms. The molecule has 0 radical (unpaired) electrons. The van der Waals surface area contributed by atoms with Gasteiger partial charge in [0, 0.05) is 19.2 Å². The number of ketones is 1. The van der Waals surface area contributed by atoms with E-state index in [9.17, 15) is 22.8 Å². The van der Waals surface area contributed by atoms with Gasteiger partial charge in [-0.2, -0.15) is 18.3 Å². The van der Waals surface area contributed by atoms with Gasteiger partial charge in [-0.05, 0) is 24.6 Å². The molecule has 2 aromatic rings. The van der Waals surface area contributed by atoms with Crippen molar-refractivity contribution in [3.63, 3.8) is 0 Å². The van der Waals surface area contributed by atoms with Crippen molar-refractivity contribution in [3.05, 3.63) is 40.7 Å². The number of anilines is 1. The van der Waals surface area contributed by atoms with Gasteiger partial charge >= 0.3 is 6.18 Å². The molecule has 1 amide bonds. The Bertz CT molecular complexity index is 856. The summed E-state index contributed by atoms with van der Waals surface area (Å²) < 4.78 is 41.3. The van der Waals surface area contributed by atoms with Crippen LogP contribution >= 0.6 is 0 Å². The molecule has 3 N–H and O–H groups in total. The highest BCUT2D eigenvalue weighted by Gasteiger charge is 2.41. The molecular formula is C17H19F3N4O2. The van der Waals surface area contributed by atoms with Crippen LogP contribution in [0.5, 0.6) is 0 Å². The van der Waals surface area contributed by atoms with Crippen molar-refractivity contribution in [2.75, 3.05) is 12.4 Å². The first-order valence-corrected chi connectivity index (χ1v) is 7.99. The molecule has 1 aromatic carbocycles. The topological polar surface area (TPSA) is 90.0 Å². The van der Waals surface area contributed by atoms with Gasteiger partial charge < -0.3 is 11.1 Å². The summed E-state index contributed by atoms with van der Waals surface area (Å²) in [5.41, 5.74) is 4.67. The Labute approximate surface area is 148 Å². The smallest absolute Gasteiger partial charge is 0.387 e. The zero-order chi connectivity index (χ0) is 19.6. The van der Waals surface area contributed by atoms with Crippen LogP contribution in [0.3, 0.4) is 0 Å². The van der Waals surface area contributed by atoms with Gasteiger partial charge in [0.05, 0.1) is 22.5 Å². The molecule has 6 nitrogen and oxygen atoms in total. The van der Waals surface area contributed by atoms with E-state index in [4.69, 9.17) is 5.73 Å². The van der Waals surface area contributed by atoms with Gasteiger partial charge in [-0.1, -0.05) is 13.8 Å². The summed E-state index contributed by atoms with van der Waals surface area (Å²) in [6.07, 6.45) is -4.64. The Morgan fingerprint density at radius 2 is 1.92 bits per heavy atom. The van der Waals surface area contributed by atoms with Crippen LogP contribution in [-0.2, 0) is 12.6 Å². The Hall–Kier alpha value is -2.84. The lowest BCUT2D eigenvalue weighted by molar-refractivity contribution is -0.141. The zero-order valence-corrected chi connectivity index (χ0v) is 14.6. The third kappa shape index (κ3) is 3.42. The average Bonchev–Trinajstić information content (AvgIpc) is 3.00. The van der Waals surface area contributed by atoms with E-state index < -0.39 is 29.1 Å². The number of carbonyl (C=O) groups excluding carboxylic acids is 2. The molecular weight excluding hydrogens is 349 g/mol. The number of amides is 1. The maximum Gasteiger partial charge on any atom is 0.435 e. The van der Waals surface area contributed by atoms with E-state index in [0.29, 0.717) is 5.69 Å². The van der Waals surface area contributed by atoms with Crippen molar-refractivity contribution in [1.29, 1.82) is 0 Å². The summed E-state index contributed by atoms with van der Waals surface area (Å²) in [7, 11) is 1.56. The van der Waals surface area contributed by atoms with E-state index >= 15 is 0 Å². The molecule has 0 saturated heterocycles. The molecule has 1 heterocycles. The van der Waals surface area contributed by atoms with Gasteiger partial charge in [-0.15, -0.1) is 0 Å². The van der Waals surface area contributed by atoms with Gasteiger partial charge in [0.1, 0.15) is 0 Å². The largest absolute Gasteiger partial charge is 0.435 e. The number of nitrogens with one attached hydrogen (secondary N) is 1. The molecule has 0 saturated carbocycles. The lowest BCUT2D eigenvalue weighted by Gasteiger charge is -2.11. The number of benzene rings is 1. The Balaban J connectivity index is 2.76. The standard InChI is InChI=1S/C17H19F3N4O2/c1-4-12-14(13(25)5-2)15(17(18,19)20)23-24(12)9-6-7-10(16(21)26)11(8-9)22-3/h6-8,22H,4-5H2,1-3H3,(H2,21,26). The van der Waals surface area contributed by atoms with E-state index in [-0.39, 0.29) is 29.8 Å². The predicted molar refractivity (Wildman–Crippen MR) is 90.6 cm³/mol. The van der Waals surface area contributed by atoms with Gasteiger partial charge in [0.2, 0.25) is 0 Å². The van der Waals surface area contributed by atoms with Crippen LogP contribution < -0.4 is 11.1 Å². The van der Waals surface area contributed by atoms with Crippen LogP contribution in [0.4, 0.5) is 18.9 Å². The molecule has 26 heavy (non-hydrogen) atoms. The third-order valence-electron chi connectivity index (χ3n) is 3.97. The highest BCUT2D eigenvalue weighted by atomic mass is 19.4. The summed E-state index contributed by atoms with van der Waals surface area (Å²) >= 11 is 0. The van der Waals surface area contributed by atoms with Crippen LogP contribution in [0.25, 0.3) is 5.69 Å². The van der Waals surface area contributed by atoms with Crippen molar-refractivity contribution in [2.24, 2.45) is 5.73 Å². The van der Waals surface area contributed by atoms with Gasteiger partial charge in [0.25, 0.3) is 5.91 Å². The molecule has 0 atom stereocenters. The normalized spacial score (nSPS) is 11.5. The fraction of sp³-hybridized carbons (Fsp3) is 0.353. The maximum absolute atomic E-state index is 13.4. The minimum atomic E-state index is -4.76. The second kappa shape index (κ2) is 7.19. The van der Waals surface area contributed by atoms with E-state index in [1.54, 1.807) is 14.0 Å². The lowest BCUT2D eigenvalue weighted by Crippen LogP contribution is -2.14. The molecule has 9 heteroatoms. The van der Waals surface area contributed by atoms with Gasteiger partial charge in [-0.3, -0.25) is 9.59 Å². The highest BCUT2D eigenvalue weighted by Crippen LogP contribution is 2.35. The SMILES string of the molecule is CCC(=O)c1c(C(F)(F)F)nn(-c2ccc(C(N)=O)c(NC)c2)c1CC. The maximum atomic E-state index is 13.4.